The van der Waals surface area contributed by atoms with E-state index in [1.165, 1.54) is 6.42 Å². The third kappa shape index (κ3) is 3.40. The molecule has 2 atom stereocenters. The topological polar surface area (TPSA) is 24.9 Å². The van der Waals surface area contributed by atoms with E-state index in [1.54, 1.807) is 0 Å². The van der Waals surface area contributed by atoms with Crippen molar-refractivity contribution in [2.75, 3.05) is 40.5 Å². The number of piperazine rings is 1. The van der Waals surface area contributed by atoms with E-state index in [1.807, 2.05) is 14.2 Å². The molecule has 0 aliphatic carbocycles. The number of methoxy groups -OCH3 is 2. The maximum atomic E-state index is 5.53. The van der Waals surface area contributed by atoms with Gasteiger partial charge in [0.05, 0.1) is 13.2 Å². The summed E-state index contributed by atoms with van der Waals surface area (Å²) in [6, 6.07) is 1.29. The minimum atomic E-state index is 0.126. The summed E-state index contributed by atoms with van der Waals surface area (Å²) in [6.45, 7) is 22.9. The number of likely N-dealkylation sites (tertiary alicyclic amines) is 2. The number of rotatable bonds is 8. The predicted molar refractivity (Wildman–Crippen MR) is 105 cm³/mol. The van der Waals surface area contributed by atoms with E-state index in [0.29, 0.717) is 12.1 Å². The Morgan fingerprint density at radius 1 is 0.680 bits per heavy atom. The van der Waals surface area contributed by atoms with Crippen LogP contribution in [-0.2, 0) is 9.47 Å². The molecule has 4 nitrogen and oxygen atoms in total. The second-order valence-corrected chi connectivity index (χ2v) is 10.6. The van der Waals surface area contributed by atoms with Crippen molar-refractivity contribution >= 4 is 0 Å². The molecular formula is C21H42N2O2. The molecule has 0 aromatic carbocycles. The summed E-state index contributed by atoms with van der Waals surface area (Å²) in [4.78, 5) is 5.51. The first-order chi connectivity index (χ1) is 11.3. The fourth-order valence-electron chi connectivity index (χ4n) is 4.89. The van der Waals surface area contributed by atoms with Crippen LogP contribution in [0.5, 0.6) is 0 Å². The van der Waals surface area contributed by atoms with Gasteiger partial charge in [-0.05, 0) is 34.1 Å². The van der Waals surface area contributed by atoms with Crippen LogP contribution in [0.15, 0.2) is 0 Å². The molecule has 0 N–H and O–H groups in total. The van der Waals surface area contributed by atoms with Crippen LogP contribution in [0.4, 0.5) is 0 Å². The first-order valence-electron chi connectivity index (χ1n) is 9.83. The van der Waals surface area contributed by atoms with Gasteiger partial charge in [0.1, 0.15) is 0 Å². The van der Waals surface area contributed by atoms with Crippen molar-refractivity contribution in [1.82, 2.24) is 9.80 Å². The molecule has 0 aromatic rings. The van der Waals surface area contributed by atoms with E-state index in [0.717, 1.165) is 26.3 Å². The fourth-order valence-corrected chi connectivity index (χ4v) is 4.89. The summed E-state index contributed by atoms with van der Waals surface area (Å²) < 4.78 is 11.1. The van der Waals surface area contributed by atoms with Gasteiger partial charge in [0.25, 0.3) is 0 Å². The van der Waals surface area contributed by atoms with Crippen molar-refractivity contribution in [3.63, 3.8) is 0 Å². The molecule has 2 aliphatic heterocycles. The Morgan fingerprint density at radius 3 is 1.24 bits per heavy atom. The Balaban J connectivity index is 2.15. The zero-order valence-electron chi connectivity index (χ0n) is 18.4. The van der Waals surface area contributed by atoms with Gasteiger partial charge in [-0.15, -0.1) is 0 Å². The summed E-state index contributed by atoms with van der Waals surface area (Å²) in [7, 11) is 3.63. The highest BCUT2D eigenvalue weighted by molar-refractivity contribution is 5.12. The van der Waals surface area contributed by atoms with E-state index in [-0.39, 0.29) is 21.9 Å². The van der Waals surface area contributed by atoms with Crippen LogP contribution < -0.4 is 0 Å². The lowest BCUT2D eigenvalue weighted by Crippen LogP contribution is -2.65. The highest BCUT2D eigenvalue weighted by Crippen LogP contribution is 2.48. The maximum Gasteiger partial charge on any atom is 0.0530 e. The summed E-state index contributed by atoms with van der Waals surface area (Å²) in [5, 5.41) is 0. The summed E-state index contributed by atoms with van der Waals surface area (Å²) in [5.74, 6) is 0. The van der Waals surface area contributed by atoms with Gasteiger partial charge in [-0.3, -0.25) is 9.80 Å². The Morgan fingerprint density at radius 2 is 1.00 bits per heavy atom. The molecule has 2 heterocycles. The summed E-state index contributed by atoms with van der Waals surface area (Å²) in [5.41, 5.74) is 0.505. The number of hydrogen-bond acceptors (Lipinski definition) is 4. The molecule has 0 unspecified atom stereocenters. The lowest BCUT2D eigenvalue weighted by Gasteiger charge is -2.56. The van der Waals surface area contributed by atoms with Gasteiger partial charge in [-0.2, -0.15) is 0 Å². The fraction of sp³-hybridized carbons (Fsp3) is 1.00. The molecule has 148 valence electrons. The average molecular weight is 355 g/mol. The molecule has 0 amide bonds. The van der Waals surface area contributed by atoms with Crippen LogP contribution in [-0.4, -0.2) is 73.5 Å². The summed E-state index contributed by atoms with van der Waals surface area (Å²) in [6.07, 6.45) is 1.29. The van der Waals surface area contributed by atoms with Gasteiger partial charge < -0.3 is 9.47 Å². The SMILES string of the molecule is COCC(C)(C)C(C)(C)N1C[C@H]2C[C@@H]1CN2C(C)(C)C(C)(C)COC. The lowest BCUT2D eigenvalue weighted by atomic mass is 9.72. The van der Waals surface area contributed by atoms with Gasteiger partial charge in [0, 0.05) is 61.3 Å². The van der Waals surface area contributed by atoms with E-state index in [9.17, 15) is 0 Å². The quantitative estimate of drug-likeness (QED) is 0.664. The van der Waals surface area contributed by atoms with Gasteiger partial charge >= 0.3 is 0 Å². The van der Waals surface area contributed by atoms with Crippen molar-refractivity contribution in [1.29, 1.82) is 0 Å². The zero-order valence-corrected chi connectivity index (χ0v) is 18.4. The number of hydrogen-bond donors (Lipinski definition) is 0. The van der Waals surface area contributed by atoms with Gasteiger partial charge in [-0.1, -0.05) is 27.7 Å². The van der Waals surface area contributed by atoms with Crippen LogP contribution in [0.1, 0.15) is 61.8 Å². The summed E-state index contributed by atoms with van der Waals surface area (Å²) >= 11 is 0. The lowest BCUT2D eigenvalue weighted by molar-refractivity contribution is -0.0931. The smallest absolute Gasteiger partial charge is 0.0530 e. The molecule has 25 heavy (non-hydrogen) atoms. The second-order valence-electron chi connectivity index (χ2n) is 10.6. The van der Waals surface area contributed by atoms with E-state index in [4.69, 9.17) is 9.47 Å². The Labute approximate surface area is 156 Å². The maximum absolute atomic E-state index is 5.53. The minimum Gasteiger partial charge on any atom is -0.384 e. The minimum absolute atomic E-state index is 0.126. The standard InChI is InChI=1S/C21H42N2O2/c1-18(2,14-24-9)20(5,6)22-12-17-11-16(22)13-23(17)21(7,8)19(3,4)15-25-10/h16-17H,11-15H2,1-10H3/t16-,17-/m1/s1. The largest absolute Gasteiger partial charge is 0.384 e. The van der Waals surface area contributed by atoms with E-state index >= 15 is 0 Å². The van der Waals surface area contributed by atoms with Crippen LogP contribution in [0.2, 0.25) is 0 Å². The molecule has 0 spiro atoms. The first-order valence-corrected chi connectivity index (χ1v) is 9.83. The third-order valence-corrected chi connectivity index (χ3v) is 8.00. The van der Waals surface area contributed by atoms with Crippen LogP contribution >= 0.6 is 0 Å². The van der Waals surface area contributed by atoms with Crippen molar-refractivity contribution in [2.45, 2.75) is 85.0 Å². The molecule has 2 saturated heterocycles. The Bertz CT molecular complexity index is 429. The number of fused-ring (bicyclic) bond motifs is 2. The third-order valence-electron chi connectivity index (χ3n) is 8.00. The number of nitrogens with zero attached hydrogens (tertiary/aromatic N) is 2. The van der Waals surface area contributed by atoms with Gasteiger partial charge in [0.2, 0.25) is 0 Å². The predicted octanol–water partition coefficient (Wildman–Crippen LogP) is 3.65. The molecule has 0 radical (unpaired) electrons. The first kappa shape index (κ1) is 21.1. The molecule has 0 aromatic heterocycles. The molecule has 2 rings (SSSR count). The molecule has 2 aliphatic rings. The van der Waals surface area contributed by atoms with Crippen LogP contribution in [0.25, 0.3) is 0 Å². The Kier molecular flexibility index (Phi) is 5.73. The van der Waals surface area contributed by atoms with E-state index < -0.39 is 0 Å². The normalized spacial score (nSPS) is 26.6. The van der Waals surface area contributed by atoms with Gasteiger partial charge in [0.15, 0.2) is 0 Å². The monoisotopic (exact) mass is 354 g/mol. The molecule has 2 bridgehead atoms. The molecule has 0 saturated carbocycles. The highest BCUT2D eigenvalue weighted by Gasteiger charge is 2.57. The molecule has 2 fully saturated rings. The van der Waals surface area contributed by atoms with Crippen molar-refractivity contribution in [3.05, 3.63) is 0 Å². The van der Waals surface area contributed by atoms with Crippen molar-refractivity contribution in [3.8, 4) is 0 Å². The van der Waals surface area contributed by atoms with Crippen molar-refractivity contribution in [2.24, 2.45) is 10.8 Å². The number of ether oxygens (including phenoxy) is 2. The molecule has 4 heteroatoms. The van der Waals surface area contributed by atoms with Crippen LogP contribution in [0.3, 0.4) is 0 Å². The Hall–Kier alpha value is -0.160. The van der Waals surface area contributed by atoms with Gasteiger partial charge in [-0.25, -0.2) is 0 Å². The van der Waals surface area contributed by atoms with Crippen molar-refractivity contribution < 1.29 is 9.47 Å². The average Bonchev–Trinajstić information content (AvgIpc) is 3.07. The molecular weight excluding hydrogens is 312 g/mol. The van der Waals surface area contributed by atoms with Crippen LogP contribution in [0, 0.1) is 10.8 Å². The highest BCUT2D eigenvalue weighted by atomic mass is 16.5. The zero-order chi connectivity index (χ0) is 19.3. The van der Waals surface area contributed by atoms with E-state index in [2.05, 4.69) is 65.2 Å². The second kappa shape index (κ2) is 6.78.